The number of esters is 1. The predicted molar refractivity (Wildman–Crippen MR) is 72.1 cm³/mol. The molecule has 1 aromatic heterocycles. The van der Waals surface area contributed by atoms with Crippen molar-refractivity contribution >= 4 is 24.3 Å². The van der Waals surface area contributed by atoms with E-state index in [1.165, 1.54) is 7.11 Å². The first kappa shape index (κ1) is 17.5. The number of nitrogens with two attached hydrogens (primary N) is 1. The summed E-state index contributed by atoms with van der Waals surface area (Å²) in [7, 11) is 1.30. The standard InChI is InChI=1S/C12H18N2O4.ClH/c1-7-9(10(15)17-4)5-8(18-7)6-14-11(16)12(2,3)13;/h5H,6,13H2,1-4H3,(H,14,16);1H. The van der Waals surface area contributed by atoms with Crippen molar-refractivity contribution in [1.82, 2.24) is 5.32 Å². The van der Waals surface area contributed by atoms with Gasteiger partial charge in [0.05, 0.1) is 19.2 Å². The van der Waals surface area contributed by atoms with Crippen LogP contribution in [0.3, 0.4) is 0 Å². The van der Waals surface area contributed by atoms with Crippen LogP contribution in [0.25, 0.3) is 0 Å². The normalized spacial score (nSPS) is 10.6. The van der Waals surface area contributed by atoms with E-state index in [9.17, 15) is 9.59 Å². The van der Waals surface area contributed by atoms with Gasteiger partial charge in [-0.15, -0.1) is 12.4 Å². The minimum absolute atomic E-state index is 0. The van der Waals surface area contributed by atoms with Crippen molar-refractivity contribution in [3.8, 4) is 0 Å². The fourth-order valence-electron chi connectivity index (χ4n) is 1.34. The molecule has 0 aliphatic rings. The number of carbonyl (C=O) groups excluding carboxylic acids is 2. The lowest BCUT2D eigenvalue weighted by atomic mass is 10.1. The molecule has 6 nitrogen and oxygen atoms in total. The van der Waals surface area contributed by atoms with Crippen molar-refractivity contribution in [2.75, 3.05) is 7.11 Å². The summed E-state index contributed by atoms with van der Waals surface area (Å²) >= 11 is 0. The maximum atomic E-state index is 11.6. The molecule has 0 saturated heterocycles. The van der Waals surface area contributed by atoms with Crippen LogP contribution < -0.4 is 11.1 Å². The predicted octanol–water partition coefficient (Wildman–Crippen LogP) is 1.15. The van der Waals surface area contributed by atoms with Gasteiger partial charge in [0.2, 0.25) is 5.91 Å². The third kappa shape index (κ3) is 4.57. The molecule has 19 heavy (non-hydrogen) atoms. The smallest absolute Gasteiger partial charge is 0.341 e. The van der Waals surface area contributed by atoms with E-state index >= 15 is 0 Å². The molecular weight excluding hydrogens is 272 g/mol. The number of methoxy groups -OCH3 is 1. The van der Waals surface area contributed by atoms with Crippen molar-refractivity contribution in [3.05, 3.63) is 23.2 Å². The third-order valence-electron chi connectivity index (χ3n) is 2.38. The Morgan fingerprint density at radius 2 is 2.05 bits per heavy atom. The van der Waals surface area contributed by atoms with E-state index < -0.39 is 11.5 Å². The van der Waals surface area contributed by atoms with Crippen molar-refractivity contribution in [2.24, 2.45) is 5.73 Å². The quantitative estimate of drug-likeness (QED) is 0.811. The van der Waals surface area contributed by atoms with Gasteiger partial charge in [-0.3, -0.25) is 4.79 Å². The number of nitrogens with one attached hydrogen (secondary N) is 1. The zero-order valence-corrected chi connectivity index (χ0v) is 12.2. The second kappa shape index (κ2) is 6.58. The number of ether oxygens (including phenoxy) is 1. The highest BCUT2D eigenvalue weighted by atomic mass is 35.5. The second-order valence-corrected chi connectivity index (χ2v) is 4.58. The molecule has 0 unspecified atom stereocenters. The maximum Gasteiger partial charge on any atom is 0.341 e. The Balaban J connectivity index is 0.00000324. The fourth-order valence-corrected chi connectivity index (χ4v) is 1.34. The summed E-state index contributed by atoms with van der Waals surface area (Å²) in [6.07, 6.45) is 0. The monoisotopic (exact) mass is 290 g/mol. The molecule has 0 spiro atoms. The van der Waals surface area contributed by atoms with Gasteiger partial charge < -0.3 is 20.2 Å². The van der Waals surface area contributed by atoms with Crippen LogP contribution in [0.15, 0.2) is 10.5 Å². The summed E-state index contributed by atoms with van der Waals surface area (Å²) in [5.41, 5.74) is 5.03. The van der Waals surface area contributed by atoms with E-state index in [2.05, 4.69) is 10.1 Å². The Kier molecular flexibility index (Phi) is 6.05. The van der Waals surface area contributed by atoms with E-state index in [0.717, 1.165) is 0 Å². The highest BCUT2D eigenvalue weighted by Crippen LogP contribution is 2.15. The number of hydrogen-bond donors (Lipinski definition) is 2. The molecule has 0 saturated carbocycles. The average molecular weight is 291 g/mol. The van der Waals surface area contributed by atoms with Crippen LogP contribution >= 0.6 is 12.4 Å². The number of carbonyl (C=O) groups is 2. The van der Waals surface area contributed by atoms with Gasteiger partial charge in [0.1, 0.15) is 17.1 Å². The number of furan rings is 1. The molecule has 1 amide bonds. The first-order chi connectivity index (χ1) is 8.25. The van der Waals surface area contributed by atoms with Crippen LogP contribution in [0, 0.1) is 6.92 Å². The van der Waals surface area contributed by atoms with Gasteiger partial charge in [-0.1, -0.05) is 0 Å². The summed E-state index contributed by atoms with van der Waals surface area (Å²) in [4.78, 5) is 22.9. The Morgan fingerprint density at radius 1 is 1.47 bits per heavy atom. The Bertz CT molecular complexity index is 463. The summed E-state index contributed by atoms with van der Waals surface area (Å²) in [5, 5.41) is 2.63. The number of rotatable bonds is 4. The van der Waals surface area contributed by atoms with Crippen LogP contribution in [-0.4, -0.2) is 24.5 Å². The van der Waals surface area contributed by atoms with Gasteiger partial charge in [-0.05, 0) is 26.8 Å². The second-order valence-electron chi connectivity index (χ2n) is 4.58. The topological polar surface area (TPSA) is 94.6 Å². The van der Waals surface area contributed by atoms with Gasteiger partial charge in [-0.25, -0.2) is 4.79 Å². The number of amides is 1. The molecule has 0 atom stereocenters. The minimum Gasteiger partial charge on any atom is -0.465 e. The largest absolute Gasteiger partial charge is 0.465 e. The Hall–Kier alpha value is -1.53. The molecule has 0 aliphatic carbocycles. The first-order valence-electron chi connectivity index (χ1n) is 5.50. The molecule has 0 radical (unpaired) electrons. The highest BCUT2D eigenvalue weighted by molar-refractivity contribution is 5.90. The summed E-state index contributed by atoms with van der Waals surface area (Å²) in [6.45, 7) is 5.05. The average Bonchev–Trinajstić information content (AvgIpc) is 2.65. The van der Waals surface area contributed by atoms with Crippen molar-refractivity contribution in [3.63, 3.8) is 0 Å². The van der Waals surface area contributed by atoms with Crippen molar-refractivity contribution < 1.29 is 18.7 Å². The van der Waals surface area contributed by atoms with E-state index in [1.54, 1.807) is 26.8 Å². The molecule has 1 aromatic rings. The van der Waals surface area contributed by atoms with E-state index in [-0.39, 0.29) is 24.9 Å². The van der Waals surface area contributed by atoms with Gasteiger partial charge in [-0.2, -0.15) is 0 Å². The lowest BCUT2D eigenvalue weighted by molar-refractivity contribution is -0.125. The van der Waals surface area contributed by atoms with Gasteiger partial charge >= 0.3 is 5.97 Å². The summed E-state index contributed by atoms with van der Waals surface area (Å²) < 4.78 is 9.95. The molecule has 0 fully saturated rings. The Labute approximate surface area is 118 Å². The molecular formula is C12H19ClN2O4. The van der Waals surface area contributed by atoms with Crippen LogP contribution in [0.1, 0.15) is 35.7 Å². The highest BCUT2D eigenvalue weighted by Gasteiger charge is 2.22. The molecule has 0 aliphatic heterocycles. The lowest BCUT2D eigenvalue weighted by Crippen LogP contribution is -2.48. The summed E-state index contributed by atoms with van der Waals surface area (Å²) in [5.74, 6) is 0.174. The molecule has 7 heteroatoms. The zero-order chi connectivity index (χ0) is 13.9. The molecule has 0 bridgehead atoms. The molecule has 108 valence electrons. The van der Waals surface area contributed by atoms with Gasteiger partial charge in [0.15, 0.2) is 0 Å². The SMILES string of the molecule is COC(=O)c1cc(CNC(=O)C(C)(C)N)oc1C.Cl. The number of halogens is 1. The van der Waals surface area contributed by atoms with Crippen molar-refractivity contribution in [2.45, 2.75) is 32.9 Å². The van der Waals surface area contributed by atoms with E-state index in [0.29, 0.717) is 17.1 Å². The maximum absolute atomic E-state index is 11.6. The minimum atomic E-state index is -0.952. The molecule has 1 rings (SSSR count). The van der Waals surface area contributed by atoms with Gasteiger partial charge in [0, 0.05) is 0 Å². The van der Waals surface area contributed by atoms with Crippen LogP contribution in [0.5, 0.6) is 0 Å². The zero-order valence-electron chi connectivity index (χ0n) is 11.4. The van der Waals surface area contributed by atoms with E-state index in [4.69, 9.17) is 10.2 Å². The van der Waals surface area contributed by atoms with Crippen LogP contribution in [0.2, 0.25) is 0 Å². The summed E-state index contributed by atoms with van der Waals surface area (Å²) in [6, 6.07) is 1.55. The van der Waals surface area contributed by atoms with Crippen LogP contribution in [0.4, 0.5) is 0 Å². The van der Waals surface area contributed by atoms with E-state index in [1.807, 2.05) is 0 Å². The van der Waals surface area contributed by atoms with Crippen molar-refractivity contribution in [1.29, 1.82) is 0 Å². The number of aryl methyl sites for hydroxylation is 1. The van der Waals surface area contributed by atoms with Gasteiger partial charge in [0.25, 0.3) is 0 Å². The molecule has 3 N–H and O–H groups in total. The molecule has 1 heterocycles. The number of hydrogen-bond acceptors (Lipinski definition) is 5. The first-order valence-corrected chi connectivity index (χ1v) is 5.50. The molecule has 0 aromatic carbocycles. The Morgan fingerprint density at radius 3 is 2.53 bits per heavy atom. The van der Waals surface area contributed by atoms with Crippen LogP contribution in [-0.2, 0) is 16.1 Å². The third-order valence-corrected chi connectivity index (χ3v) is 2.38. The fraction of sp³-hybridized carbons (Fsp3) is 0.500. The lowest BCUT2D eigenvalue weighted by Gasteiger charge is -2.16.